The highest BCUT2D eigenvalue weighted by molar-refractivity contribution is 7.92. The first-order valence-electron chi connectivity index (χ1n) is 8.82. The predicted molar refractivity (Wildman–Crippen MR) is 113 cm³/mol. The fourth-order valence-corrected chi connectivity index (χ4v) is 4.07. The van der Waals surface area contributed by atoms with Crippen molar-refractivity contribution in [1.29, 1.82) is 0 Å². The minimum atomic E-state index is -3.68. The Morgan fingerprint density at radius 3 is 2.50 bits per heavy atom. The largest absolute Gasteiger partial charge is 0.492 e. The van der Waals surface area contributed by atoms with Crippen molar-refractivity contribution in [1.82, 2.24) is 5.32 Å². The molecule has 0 saturated heterocycles. The van der Waals surface area contributed by atoms with E-state index in [4.69, 9.17) is 16.3 Å². The highest BCUT2D eigenvalue weighted by Gasteiger charge is 2.29. The fraction of sp³-hybridized carbons (Fsp3) is 0.350. The molecule has 2 aromatic rings. The molecule has 28 heavy (non-hydrogen) atoms. The van der Waals surface area contributed by atoms with E-state index in [1.807, 2.05) is 32.0 Å². The molecule has 0 spiro atoms. The third kappa shape index (κ3) is 5.87. The Morgan fingerprint density at radius 1 is 1.18 bits per heavy atom. The van der Waals surface area contributed by atoms with Gasteiger partial charge in [0.05, 0.1) is 18.5 Å². The number of rotatable bonds is 8. The number of carbonyl (C=O) groups excluding carboxylic acids is 1. The van der Waals surface area contributed by atoms with Crippen molar-refractivity contribution in [2.45, 2.75) is 26.8 Å². The van der Waals surface area contributed by atoms with Gasteiger partial charge in [-0.05, 0) is 62.2 Å². The first-order valence-corrected chi connectivity index (χ1v) is 11.0. The number of hydrogen-bond acceptors (Lipinski definition) is 4. The third-order valence-corrected chi connectivity index (χ3v) is 5.78. The van der Waals surface area contributed by atoms with Gasteiger partial charge in [-0.15, -0.1) is 0 Å². The zero-order valence-electron chi connectivity index (χ0n) is 16.4. The summed E-state index contributed by atoms with van der Waals surface area (Å²) in [7, 11) is -3.68. The Labute approximate surface area is 171 Å². The van der Waals surface area contributed by atoms with Crippen molar-refractivity contribution in [3.05, 3.63) is 58.6 Å². The Balaban J connectivity index is 1.98. The second-order valence-corrected chi connectivity index (χ2v) is 8.90. The molecule has 8 heteroatoms. The van der Waals surface area contributed by atoms with E-state index in [2.05, 4.69) is 5.32 Å². The minimum absolute atomic E-state index is 0.253. The van der Waals surface area contributed by atoms with Crippen molar-refractivity contribution in [2.75, 3.05) is 23.7 Å². The molecule has 0 radical (unpaired) electrons. The lowest BCUT2D eigenvalue weighted by Gasteiger charge is -2.28. The maximum Gasteiger partial charge on any atom is 0.243 e. The monoisotopic (exact) mass is 424 g/mol. The van der Waals surface area contributed by atoms with Crippen LogP contribution < -0.4 is 14.4 Å². The first kappa shape index (κ1) is 22.0. The van der Waals surface area contributed by atoms with Crippen LogP contribution in [0, 0.1) is 13.8 Å². The van der Waals surface area contributed by atoms with Gasteiger partial charge in [0.15, 0.2) is 0 Å². The predicted octanol–water partition coefficient (Wildman–Crippen LogP) is 3.31. The molecule has 1 unspecified atom stereocenters. The van der Waals surface area contributed by atoms with E-state index in [1.165, 1.54) is 18.6 Å². The Morgan fingerprint density at radius 2 is 1.89 bits per heavy atom. The number of nitrogens with one attached hydrogen (secondary N) is 1. The SMILES string of the molecule is Cc1ccc(OCCNC(=O)C(C)N(c2cccc(Cl)c2)S(C)(=O)=O)cc1C. The lowest BCUT2D eigenvalue weighted by molar-refractivity contribution is -0.121. The van der Waals surface area contributed by atoms with Crippen LogP contribution in [0.2, 0.25) is 5.02 Å². The van der Waals surface area contributed by atoms with Gasteiger partial charge in [-0.25, -0.2) is 8.42 Å². The molecule has 1 N–H and O–H groups in total. The van der Waals surface area contributed by atoms with Gasteiger partial charge in [0.1, 0.15) is 18.4 Å². The molecule has 0 aliphatic heterocycles. The van der Waals surface area contributed by atoms with Crippen LogP contribution in [0.15, 0.2) is 42.5 Å². The number of sulfonamides is 1. The summed E-state index contributed by atoms with van der Waals surface area (Å²) in [6, 6.07) is 11.2. The molecular formula is C20H25ClN2O4S. The Bertz CT molecular complexity index is 947. The van der Waals surface area contributed by atoms with Gasteiger partial charge in [-0.3, -0.25) is 9.10 Å². The zero-order chi connectivity index (χ0) is 20.9. The molecular weight excluding hydrogens is 400 g/mol. The average molecular weight is 425 g/mol. The number of halogens is 1. The van der Waals surface area contributed by atoms with Crippen LogP contribution in [-0.4, -0.2) is 39.8 Å². The smallest absolute Gasteiger partial charge is 0.243 e. The molecule has 0 aliphatic rings. The summed E-state index contributed by atoms with van der Waals surface area (Å²) >= 11 is 5.97. The second-order valence-electron chi connectivity index (χ2n) is 6.60. The molecule has 1 amide bonds. The molecule has 1 atom stereocenters. The summed E-state index contributed by atoms with van der Waals surface area (Å²) in [6.45, 7) is 6.08. The summed E-state index contributed by atoms with van der Waals surface area (Å²) in [5, 5.41) is 3.10. The standard InChI is InChI=1S/C20H25ClN2O4S/c1-14-8-9-19(12-15(14)2)27-11-10-22-20(24)16(3)23(28(4,25)26)18-7-5-6-17(21)13-18/h5-9,12-13,16H,10-11H2,1-4H3,(H,22,24). The lowest BCUT2D eigenvalue weighted by atomic mass is 10.1. The van der Waals surface area contributed by atoms with Gasteiger partial charge in [-0.2, -0.15) is 0 Å². The van der Waals surface area contributed by atoms with Crippen LogP contribution in [0.5, 0.6) is 5.75 Å². The van der Waals surface area contributed by atoms with E-state index in [1.54, 1.807) is 18.2 Å². The number of nitrogens with zero attached hydrogens (tertiary/aromatic N) is 1. The second kappa shape index (κ2) is 9.30. The van der Waals surface area contributed by atoms with Crippen molar-refractivity contribution in [3.63, 3.8) is 0 Å². The van der Waals surface area contributed by atoms with Crippen LogP contribution >= 0.6 is 11.6 Å². The molecule has 2 aromatic carbocycles. The Hall–Kier alpha value is -2.25. The normalized spacial score (nSPS) is 12.3. The topological polar surface area (TPSA) is 75.7 Å². The first-order chi connectivity index (χ1) is 13.1. The highest BCUT2D eigenvalue weighted by Crippen LogP contribution is 2.24. The molecule has 0 aromatic heterocycles. The van der Waals surface area contributed by atoms with E-state index >= 15 is 0 Å². The average Bonchev–Trinajstić information content (AvgIpc) is 2.60. The van der Waals surface area contributed by atoms with Gasteiger partial charge in [0.25, 0.3) is 0 Å². The van der Waals surface area contributed by atoms with E-state index < -0.39 is 22.0 Å². The summed E-state index contributed by atoms with van der Waals surface area (Å²) in [6.07, 6.45) is 1.06. The highest BCUT2D eigenvalue weighted by atomic mass is 35.5. The van der Waals surface area contributed by atoms with Crippen LogP contribution in [0.1, 0.15) is 18.1 Å². The van der Waals surface area contributed by atoms with Gasteiger partial charge >= 0.3 is 0 Å². The minimum Gasteiger partial charge on any atom is -0.492 e. The molecule has 0 aliphatic carbocycles. The molecule has 0 saturated carbocycles. The van der Waals surface area contributed by atoms with Crippen LogP contribution in [-0.2, 0) is 14.8 Å². The van der Waals surface area contributed by atoms with Crippen molar-refractivity contribution >= 4 is 33.2 Å². The van der Waals surface area contributed by atoms with E-state index in [9.17, 15) is 13.2 Å². The zero-order valence-corrected chi connectivity index (χ0v) is 18.0. The maximum absolute atomic E-state index is 12.5. The van der Waals surface area contributed by atoms with E-state index in [0.29, 0.717) is 10.7 Å². The number of hydrogen-bond donors (Lipinski definition) is 1. The molecule has 6 nitrogen and oxygen atoms in total. The van der Waals surface area contributed by atoms with Gasteiger partial charge < -0.3 is 10.1 Å². The van der Waals surface area contributed by atoms with Crippen molar-refractivity contribution < 1.29 is 17.9 Å². The quantitative estimate of drug-likeness (QED) is 0.659. The van der Waals surface area contributed by atoms with Gasteiger partial charge in [0, 0.05) is 5.02 Å². The third-order valence-electron chi connectivity index (χ3n) is 4.30. The van der Waals surface area contributed by atoms with Crippen LogP contribution in [0.4, 0.5) is 5.69 Å². The van der Waals surface area contributed by atoms with Crippen LogP contribution in [0.3, 0.4) is 0 Å². The fourth-order valence-electron chi connectivity index (χ4n) is 2.72. The molecule has 0 heterocycles. The van der Waals surface area contributed by atoms with Crippen molar-refractivity contribution in [3.8, 4) is 5.75 Å². The van der Waals surface area contributed by atoms with Crippen LogP contribution in [0.25, 0.3) is 0 Å². The molecule has 0 fully saturated rings. The number of anilines is 1. The number of ether oxygens (including phenoxy) is 1. The summed E-state index contributed by atoms with van der Waals surface area (Å²) in [5.74, 6) is 0.302. The van der Waals surface area contributed by atoms with Crippen molar-refractivity contribution in [2.24, 2.45) is 0 Å². The molecule has 152 valence electrons. The molecule has 0 bridgehead atoms. The van der Waals surface area contributed by atoms with E-state index in [-0.39, 0.29) is 13.2 Å². The molecule has 2 rings (SSSR count). The lowest BCUT2D eigenvalue weighted by Crippen LogP contribution is -2.48. The summed E-state index contributed by atoms with van der Waals surface area (Å²) in [5.41, 5.74) is 2.64. The van der Waals surface area contributed by atoms with E-state index in [0.717, 1.165) is 21.9 Å². The summed E-state index contributed by atoms with van der Waals surface area (Å²) < 4.78 is 31.2. The number of carbonyl (C=O) groups is 1. The number of amides is 1. The maximum atomic E-state index is 12.5. The number of aryl methyl sites for hydroxylation is 2. The number of benzene rings is 2. The van der Waals surface area contributed by atoms with Gasteiger partial charge in [-0.1, -0.05) is 23.7 Å². The Kier molecular flexibility index (Phi) is 7.32. The van der Waals surface area contributed by atoms with Gasteiger partial charge in [0.2, 0.25) is 15.9 Å². The summed E-state index contributed by atoms with van der Waals surface area (Å²) in [4.78, 5) is 12.5.